The van der Waals surface area contributed by atoms with Crippen molar-refractivity contribution in [2.75, 3.05) is 32.2 Å². The Bertz CT molecular complexity index is 1010. The average Bonchev–Trinajstić information content (AvgIpc) is 3.17. The molecule has 3 aromatic rings. The summed E-state index contributed by atoms with van der Waals surface area (Å²) in [5.41, 5.74) is 2.54. The summed E-state index contributed by atoms with van der Waals surface area (Å²) < 4.78 is 18.1. The molecule has 0 aliphatic carbocycles. The van der Waals surface area contributed by atoms with Crippen LogP contribution in [0.5, 0.6) is 11.8 Å². The van der Waals surface area contributed by atoms with Gasteiger partial charge < -0.3 is 23.9 Å². The largest absolute Gasteiger partial charge is 0.491 e. The maximum absolute atomic E-state index is 12.7. The van der Waals surface area contributed by atoms with Crippen LogP contribution in [-0.4, -0.2) is 52.2 Å². The lowest BCUT2D eigenvalue weighted by Crippen LogP contribution is -2.15. The van der Waals surface area contributed by atoms with Gasteiger partial charge in [-0.1, -0.05) is 0 Å². The van der Waals surface area contributed by atoms with E-state index >= 15 is 0 Å². The van der Waals surface area contributed by atoms with Crippen LogP contribution in [0.4, 0.5) is 5.69 Å². The summed E-state index contributed by atoms with van der Waals surface area (Å²) in [5.74, 6) is 0.556. The Morgan fingerprint density at radius 1 is 1.31 bits per heavy atom. The van der Waals surface area contributed by atoms with Gasteiger partial charge in [0, 0.05) is 43.8 Å². The molecule has 0 saturated carbocycles. The van der Waals surface area contributed by atoms with E-state index in [0.717, 1.165) is 37.4 Å². The SMILES string of the molecule is CCOc1cc2nc(C3CCOCC3)cn2cc1NC(=O)c1ccnc(OC)n1. The standard InChI is InChI=1S/C20H23N5O4/c1-3-29-17-10-18-22-15(13-5-8-28-9-6-13)11-25(18)12-16(17)23-19(26)14-4-7-21-20(24-14)27-2/h4,7,10-13H,3,5-6,8-9H2,1-2H3,(H,23,26). The van der Waals surface area contributed by atoms with Crippen molar-refractivity contribution in [2.45, 2.75) is 25.7 Å². The molecule has 3 aromatic heterocycles. The van der Waals surface area contributed by atoms with Crippen molar-refractivity contribution in [3.8, 4) is 11.8 Å². The number of fused-ring (bicyclic) bond motifs is 1. The zero-order valence-corrected chi connectivity index (χ0v) is 16.4. The van der Waals surface area contributed by atoms with Crippen LogP contribution in [0.2, 0.25) is 0 Å². The van der Waals surface area contributed by atoms with E-state index in [0.29, 0.717) is 24.0 Å². The fraction of sp³-hybridized carbons (Fsp3) is 0.400. The average molecular weight is 397 g/mol. The summed E-state index contributed by atoms with van der Waals surface area (Å²) in [7, 11) is 1.45. The number of nitrogens with one attached hydrogen (secondary N) is 1. The molecule has 0 unspecified atom stereocenters. The van der Waals surface area contributed by atoms with Crippen LogP contribution in [0.15, 0.2) is 30.7 Å². The van der Waals surface area contributed by atoms with Gasteiger partial charge in [-0.25, -0.2) is 9.97 Å². The van der Waals surface area contributed by atoms with Gasteiger partial charge >= 0.3 is 6.01 Å². The molecule has 0 bridgehead atoms. The molecule has 1 aliphatic heterocycles. The fourth-order valence-corrected chi connectivity index (χ4v) is 3.35. The summed E-state index contributed by atoms with van der Waals surface area (Å²) in [6, 6.07) is 3.49. The van der Waals surface area contributed by atoms with Crippen LogP contribution in [0, 0.1) is 0 Å². The highest BCUT2D eigenvalue weighted by Crippen LogP contribution is 2.30. The second-order valence-corrected chi connectivity index (χ2v) is 6.68. The number of rotatable bonds is 6. The number of hydrogen-bond acceptors (Lipinski definition) is 7. The molecule has 1 amide bonds. The predicted octanol–water partition coefficient (Wildman–Crippen LogP) is 2.68. The van der Waals surface area contributed by atoms with E-state index in [2.05, 4.69) is 15.3 Å². The first kappa shape index (κ1) is 19.1. The molecule has 152 valence electrons. The third kappa shape index (κ3) is 4.14. The van der Waals surface area contributed by atoms with Crippen molar-refractivity contribution >= 4 is 17.2 Å². The first-order valence-electron chi connectivity index (χ1n) is 9.59. The second kappa shape index (κ2) is 8.44. The number of carbonyl (C=O) groups excluding carboxylic acids is 1. The molecule has 9 heteroatoms. The second-order valence-electron chi connectivity index (χ2n) is 6.68. The Hall–Kier alpha value is -3.20. The molecular formula is C20H23N5O4. The zero-order valence-electron chi connectivity index (χ0n) is 16.4. The molecule has 9 nitrogen and oxygen atoms in total. The van der Waals surface area contributed by atoms with Crippen molar-refractivity contribution in [3.05, 3.63) is 42.1 Å². The first-order valence-corrected chi connectivity index (χ1v) is 9.59. The smallest absolute Gasteiger partial charge is 0.316 e. The number of hydrogen-bond donors (Lipinski definition) is 1. The van der Waals surface area contributed by atoms with E-state index in [-0.39, 0.29) is 17.6 Å². The molecule has 0 aromatic carbocycles. The molecule has 4 rings (SSSR count). The molecule has 4 heterocycles. The maximum atomic E-state index is 12.7. The van der Waals surface area contributed by atoms with Gasteiger partial charge in [0.15, 0.2) is 0 Å². The van der Waals surface area contributed by atoms with Gasteiger partial charge in [-0.2, -0.15) is 4.98 Å². The molecule has 0 spiro atoms. The minimum Gasteiger partial charge on any atom is -0.491 e. The molecular weight excluding hydrogens is 374 g/mol. The Balaban J connectivity index is 1.64. The monoisotopic (exact) mass is 397 g/mol. The molecule has 29 heavy (non-hydrogen) atoms. The van der Waals surface area contributed by atoms with Crippen LogP contribution in [0.1, 0.15) is 41.9 Å². The van der Waals surface area contributed by atoms with Gasteiger partial charge in [0.1, 0.15) is 22.8 Å². The number of aromatic nitrogens is 4. The Morgan fingerprint density at radius 2 is 2.14 bits per heavy atom. The van der Waals surface area contributed by atoms with Crippen LogP contribution in [-0.2, 0) is 4.74 Å². The van der Waals surface area contributed by atoms with Gasteiger partial charge in [0.05, 0.1) is 19.4 Å². The van der Waals surface area contributed by atoms with Gasteiger partial charge in [-0.05, 0) is 25.8 Å². The van der Waals surface area contributed by atoms with Gasteiger partial charge in [0.2, 0.25) is 0 Å². The van der Waals surface area contributed by atoms with E-state index in [1.807, 2.05) is 29.8 Å². The third-order valence-corrected chi connectivity index (χ3v) is 4.81. The lowest BCUT2D eigenvalue weighted by Gasteiger charge is -2.19. The first-order chi connectivity index (χ1) is 14.2. The Morgan fingerprint density at radius 3 is 2.90 bits per heavy atom. The number of carbonyl (C=O) groups is 1. The van der Waals surface area contributed by atoms with Gasteiger partial charge in [0.25, 0.3) is 5.91 Å². The Kier molecular flexibility index (Phi) is 5.57. The van der Waals surface area contributed by atoms with Crippen molar-refractivity contribution in [1.29, 1.82) is 0 Å². The molecule has 1 fully saturated rings. The maximum Gasteiger partial charge on any atom is 0.316 e. The molecule has 1 N–H and O–H groups in total. The minimum absolute atomic E-state index is 0.133. The number of methoxy groups -OCH3 is 1. The van der Waals surface area contributed by atoms with Crippen molar-refractivity contribution in [2.24, 2.45) is 0 Å². The predicted molar refractivity (Wildman–Crippen MR) is 106 cm³/mol. The van der Waals surface area contributed by atoms with E-state index in [1.54, 1.807) is 0 Å². The summed E-state index contributed by atoms with van der Waals surface area (Å²) in [6.45, 7) is 3.87. The highest BCUT2D eigenvalue weighted by molar-refractivity contribution is 6.03. The van der Waals surface area contributed by atoms with E-state index in [9.17, 15) is 4.79 Å². The summed E-state index contributed by atoms with van der Waals surface area (Å²) in [6.07, 6.45) is 7.21. The lowest BCUT2D eigenvalue weighted by atomic mass is 9.97. The number of imidazole rings is 1. The molecule has 1 aliphatic rings. The number of anilines is 1. The zero-order chi connectivity index (χ0) is 20.2. The number of pyridine rings is 1. The normalized spacial score (nSPS) is 14.7. The summed E-state index contributed by atoms with van der Waals surface area (Å²) in [5, 5.41) is 2.87. The molecule has 1 saturated heterocycles. The van der Waals surface area contributed by atoms with Gasteiger partial charge in [-0.15, -0.1) is 0 Å². The number of ether oxygens (including phenoxy) is 3. The van der Waals surface area contributed by atoms with Crippen molar-refractivity contribution < 1.29 is 19.0 Å². The number of amides is 1. The summed E-state index contributed by atoms with van der Waals surface area (Å²) in [4.78, 5) is 25.4. The fourth-order valence-electron chi connectivity index (χ4n) is 3.35. The van der Waals surface area contributed by atoms with Crippen LogP contribution < -0.4 is 14.8 Å². The molecule has 0 atom stereocenters. The van der Waals surface area contributed by atoms with Gasteiger partial charge in [-0.3, -0.25) is 4.79 Å². The third-order valence-electron chi connectivity index (χ3n) is 4.81. The quantitative estimate of drug-likeness (QED) is 0.682. The van der Waals surface area contributed by atoms with Crippen molar-refractivity contribution in [3.63, 3.8) is 0 Å². The van der Waals surface area contributed by atoms with Crippen LogP contribution >= 0.6 is 0 Å². The highest BCUT2D eigenvalue weighted by Gasteiger charge is 2.20. The topological polar surface area (TPSA) is 99.9 Å². The van der Waals surface area contributed by atoms with E-state index in [1.165, 1.54) is 19.4 Å². The summed E-state index contributed by atoms with van der Waals surface area (Å²) >= 11 is 0. The number of nitrogens with zero attached hydrogens (tertiary/aromatic N) is 4. The van der Waals surface area contributed by atoms with Crippen LogP contribution in [0.3, 0.4) is 0 Å². The van der Waals surface area contributed by atoms with Crippen LogP contribution in [0.25, 0.3) is 5.65 Å². The van der Waals surface area contributed by atoms with Crippen molar-refractivity contribution in [1.82, 2.24) is 19.4 Å². The van der Waals surface area contributed by atoms with E-state index in [4.69, 9.17) is 19.2 Å². The Labute approximate surface area is 168 Å². The highest BCUT2D eigenvalue weighted by atomic mass is 16.5. The molecule has 0 radical (unpaired) electrons. The lowest BCUT2D eigenvalue weighted by molar-refractivity contribution is 0.0846. The minimum atomic E-state index is -0.379. The van der Waals surface area contributed by atoms with E-state index < -0.39 is 0 Å².